The van der Waals surface area contributed by atoms with E-state index in [1.165, 1.54) is 0 Å². The monoisotopic (exact) mass is 195 g/mol. The van der Waals surface area contributed by atoms with Crippen molar-refractivity contribution in [2.75, 3.05) is 6.54 Å². The van der Waals surface area contributed by atoms with Gasteiger partial charge in [0.25, 0.3) is 0 Å². The number of aliphatic carboxylic acids is 1. The van der Waals surface area contributed by atoms with Crippen LogP contribution in [0.2, 0.25) is 0 Å². The normalized spacial score (nSPS) is 26.6. The minimum absolute atomic E-state index is 0.514. The molecule has 4 heteroatoms. The number of rotatable bonds is 2. The second-order valence-electron chi connectivity index (χ2n) is 3.65. The molecule has 2 rings (SSSR count). The van der Waals surface area contributed by atoms with Crippen LogP contribution in [0.15, 0.2) is 16.5 Å². The number of nitrogens with one attached hydrogen (secondary N) is 1. The molecule has 2 N–H and O–H groups in total. The Hall–Kier alpha value is -1.29. The van der Waals surface area contributed by atoms with Crippen molar-refractivity contribution in [2.24, 2.45) is 0 Å². The first-order valence-electron chi connectivity index (χ1n) is 4.70. The Morgan fingerprint density at radius 1 is 1.64 bits per heavy atom. The molecule has 0 spiro atoms. The Morgan fingerprint density at radius 2 is 2.43 bits per heavy atom. The molecule has 1 unspecified atom stereocenters. The average molecular weight is 195 g/mol. The SMILES string of the molecule is Cc1ccc(C2(C(=O)O)CCCN2)o1. The Morgan fingerprint density at radius 3 is 2.86 bits per heavy atom. The van der Waals surface area contributed by atoms with E-state index >= 15 is 0 Å². The van der Waals surface area contributed by atoms with Gasteiger partial charge in [-0.3, -0.25) is 5.32 Å². The van der Waals surface area contributed by atoms with Gasteiger partial charge in [-0.2, -0.15) is 0 Å². The van der Waals surface area contributed by atoms with Gasteiger partial charge >= 0.3 is 5.97 Å². The van der Waals surface area contributed by atoms with Crippen LogP contribution in [0.1, 0.15) is 24.4 Å². The summed E-state index contributed by atoms with van der Waals surface area (Å²) in [5, 5.41) is 12.2. The lowest BCUT2D eigenvalue weighted by Crippen LogP contribution is -2.44. The molecule has 1 saturated heterocycles. The van der Waals surface area contributed by atoms with Crippen molar-refractivity contribution in [1.29, 1.82) is 0 Å². The fourth-order valence-corrected chi connectivity index (χ4v) is 1.91. The van der Waals surface area contributed by atoms with Crippen LogP contribution in [-0.2, 0) is 10.3 Å². The fraction of sp³-hybridized carbons (Fsp3) is 0.500. The third-order valence-electron chi connectivity index (χ3n) is 2.68. The highest BCUT2D eigenvalue weighted by Crippen LogP contribution is 2.32. The van der Waals surface area contributed by atoms with Crippen molar-refractivity contribution in [3.63, 3.8) is 0 Å². The Kier molecular flexibility index (Phi) is 2.07. The first kappa shape index (κ1) is 9.27. The van der Waals surface area contributed by atoms with Gasteiger partial charge in [-0.15, -0.1) is 0 Å². The average Bonchev–Trinajstić information content (AvgIpc) is 2.71. The van der Waals surface area contributed by atoms with E-state index < -0.39 is 11.5 Å². The van der Waals surface area contributed by atoms with Gasteiger partial charge in [0.05, 0.1) is 0 Å². The van der Waals surface area contributed by atoms with Crippen LogP contribution in [0.4, 0.5) is 0 Å². The van der Waals surface area contributed by atoms with Crippen LogP contribution >= 0.6 is 0 Å². The molecule has 0 radical (unpaired) electrons. The van der Waals surface area contributed by atoms with Crippen molar-refractivity contribution in [1.82, 2.24) is 5.32 Å². The topological polar surface area (TPSA) is 62.5 Å². The van der Waals surface area contributed by atoms with Gasteiger partial charge in [0.15, 0.2) is 5.54 Å². The van der Waals surface area contributed by atoms with Gasteiger partial charge in [0.1, 0.15) is 11.5 Å². The second kappa shape index (κ2) is 3.13. The summed E-state index contributed by atoms with van der Waals surface area (Å²) in [7, 11) is 0. The van der Waals surface area contributed by atoms with E-state index in [1.54, 1.807) is 12.1 Å². The van der Waals surface area contributed by atoms with Crippen molar-refractivity contribution < 1.29 is 14.3 Å². The van der Waals surface area contributed by atoms with Gasteiger partial charge in [-0.05, 0) is 38.4 Å². The third-order valence-corrected chi connectivity index (χ3v) is 2.68. The zero-order chi connectivity index (χ0) is 10.2. The minimum Gasteiger partial charge on any atom is -0.480 e. The summed E-state index contributed by atoms with van der Waals surface area (Å²) in [5.41, 5.74) is -0.992. The first-order valence-corrected chi connectivity index (χ1v) is 4.70. The van der Waals surface area contributed by atoms with E-state index in [0.29, 0.717) is 12.2 Å². The molecule has 2 heterocycles. The van der Waals surface area contributed by atoms with Gasteiger partial charge in [-0.25, -0.2) is 4.79 Å². The van der Waals surface area contributed by atoms with Gasteiger partial charge < -0.3 is 9.52 Å². The lowest BCUT2D eigenvalue weighted by molar-refractivity contribution is -0.145. The molecule has 1 aromatic heterocycles. The maximum absolute atomic E-state index is 11.2. The molecule has 0 aliphatic carbocycles. The number of hydrogen-bond donors (Lipinski definition) is 2. The van der Waals surface area contributed by atoms with E-state index in [0.717, 1.165) is 18.7 Å². The van der Waals surface area contributed by atoms with Crippen LogP contribution in [0.5, 0.6) is 0 Å². The van der Waals surface area contributed by atoms with Crippen LogP contribution in [0, 0.1) is 6.92 Å². The largest absolute Gasteiger partial charge is 0.480 e. The van der Waals surface area contributed by atoms with E-state index in [2.05, 4.69) is 5.32 Å². The number of carbonyl (C=O) groups is 1. The van der Waals surface area contributed by atoms with E-state index in [-0.39, 0.29) is 0 Å². The fourth-order valence-electron chi connectivity index (χ4n) is 1.91. The number of carboxylic acids is 1. The van der Waals surface area contributed by atoms with Gasteiger partial charge in [0.2, 0.25) is 0 Å². The minimum atomic E-state index is -0.992. The van der Waals surface area contributed by atoms with Crippen molar-refractivity contribution in [3.05, 3.63) is 23.7 Å². The summed E-state index contributed by atoms with van der Waals surface area (Å²) in [6, 6.07) is 3.53. The summed E-state index contributed by atoms with van der Waals surface area (Å²) < 4.78 is 5.39. The molecule has 0 amide bonds. The van der Waals surface area contributed by atoms with Crippen LogP contribution in [0.3, 0.4) is 0 Å². The second-order valence-corrected chi connectivity index (χ2v) is 3.65. The van der Waals surface area contributed by atoms with Gasteiger partial charge in [-0.1, -0.05) is 0 Å². The van der Waals surface area contributed by atoms with Crippen molar-refractivity contribution >= 4 is 5.97 Å². The molecular weight excluding hydrogens is 182 g/mol. The molecule has 1 aliphatic rings. The highest BCUT2D eigenvalue weighted by molar-refractivity contribution is 5.80. The quantitative estimate of drug-likeness (QED) is 0.745. The molecule has 0 aromatic carbocycles. The number of furan rings is 1. The number of carboxylic acid groups (broad SMARTS) is 1. The molecule has 1 aromatic rings. The van der Waals surface area contributed by atoms with Gasteiger partial charge in [0, 0.05) is 0 Å². The molecule has 1 atom stereocenters. The molecule has 14 heavy (non-hydrogen) atoms. The maximum Gasteiger partial charge on any atom is 0.331 e. The molecule has 0 saturated carbocycles. The molecule has 1 fully saturated rings. The summed E-state index contributed by atoms with van der Waals surface area (Å²) in [6.45, 7) is 2.54. The summed E-state index contributed by atoms with van der Waals surface area (Å²) in [6.07, 6.45) is 1.46. The standard InChI is InChI=1S/C10H13NO3/c1-7-3-4-8(14-7)10(9(12)13)5-2-6-11-10/h3-4,11H,2,5-6H2,1H3,(H,12,13). The first-order chi connectivity index (χ1) is 6.65. The summed E-state index contributed by atoms with van der Waals surface area (Å²) >= 11 is 0. The molecule has 76 valence electrons. The van der Waals surface area contributed by atoms with Crippen molar-refractivity contribution in [3.8, 4) is 0 Å². The van der Waals surface area contributed by atoms with Crippen molar-refractivity contribution in [2.45, 2.75) is 25.3 Å². The smallest absolute Gasteiger partial charge is 0.331 e. The Bertz CT molecular complexity index is 350. The molecule has 0 bridgehead atoms. The van der Waals surface area contributed by atoms with E-state index in [1.807, 2.05) is 6.92 Å². The highest BCUT2D eigenvalue weighted by Gasteiger charge is 2.45. The third kappa shape index (κ3) is 1.23. The predicted octanol–water partition coefficient (Wildman–Crippen LogP) is 1.25. The Labute approximate surface area is 81.9 Å². The predicted molar refractivity (Wildman–Crippen MR) is 50.0 cm³/mol. The summed E-state index contributed by atoms with van der Waals surface area (Å²) in [5.74, 6) is 0.402. The van der Waals surface area contributed by atoms with E-state index in [4.69, 9.17) is 4.42 Å². The lowest BCUT2D eigenvalue weighted by Gasteiger charge is -2.21. The lowest BCUT2D eigenvalue weighted by atomic mass is 9.95. The number of hydrogen-bond acceptors (Lipinski definition) is 3. The van der Waals surface area contributed by atoms with Crippen LogP contribution in [0.25, 0.3) is 0 Å². The molecular formula is C10H13NO3. The van der Waals surface area contributed by atoms with Crippen LogP contribution in [-0.4, -0.2) is 17.6 Å². The summed E-state index contributed by atoms with van der Waals surface area (Å²) in [4.78, 5) is 11.2. The maximum atomic E-state index is 11.2. The number of aryl methyl sites for hydroxylation is 1. The zero-order valence-electron chi connectivity index (χ0n) is 8.04. The zero-order valence-corrected chi connectivity index (χ0v) is 8.04. The molecule has 1 aliphatic heterocycles. The molecule has 4 nitrogen and oxygen atoms in total. The van der Waals surface area contributed by atoms with E-state index in [9.17, 15) is 9.90 Å². The highest BCUT2D eigenvalue weighted by atomic mass is 16.4. The Balaban J connectivity index is 2.41. The van der Waals surface area contributed by atoms with Crippen LogP contribution < -0.4 is 5.32 Å².